The topological polar surface area (TPSA) is 117 Å². The molecule has 0 saturated carbocycles. The van der Waals surface area contributed by atoms with Crippen LogP contribution < -0.4 is 5.32 Å². The summed E-state index contributed by atoms with van der Waals surface area (Å²) in [7, 11) is -3.56. The summed E-state index contributed by atoms with van der Waals surface area (Å²) in [6.45, 7) is 2.51. The molecule has 3 amide bonds. The van der Waals surface area contributed by atoms with Crippen molar-refractivity contribution >= 4 is 54.4 Å². The number of thiazole rings is 1. The van der Waals surface area contributed by atoms with E-state index in [9.17, 15) is 22.8 Å². The summed E-state index contributed by atoms with van der Waals surface area (Å²) in [4.78, 5) is 43.6. The molecule has 3 heterocycles. The van der Waals surface area contributed by atoms with Gasteiger partial charge in [-0.25, -0.2) is 13.4 Å². The molecule has 1 aromatic heterocycles. The molecule has 1 N–H and O–H groups in total. The van der Waals surface area contributed by atoms with Crippen LogP contribution in [0.25, 0.3) is 10.2 Å². The zero-order valence-corrected chi connectivity index (χ0v) is 19.3. The molecule has 0 bridgehead atoms. The van der Waals surface area contributed by atoms with Gasteiger partial charge in [-0.3, -0.25) is 19.3 Å². The summed E-state index contributed by atoms with van der Waals surface area (Å²) in [5.74, 6) is -1.59. The number of amides is 3. The fourth-order valence-corrected chi connectivity index (χ4v) is 6.61. The standard InChI is InChI=1S/C22H20N4O5S2/c1-13(26-20(28)15-6-2-3-7-16(15)21(26)29)19(27)24-22-23-17-9-8-14(12-18(17)32-22)33(30,31)25-10-4-5-11-25/h2-3,6-9,12-13H,4-5,10-11H2,1H3,(H,23,24,27)/t13-/m1/s1. The highest BCUT2D eigenvalue weighted by molar-refractivity contribution is 7.89. The molecule has 0 unspecified atom stereocenters. The van der Waals surface area contributed by atoms with Crippen LogP contribution >= 0.6 is 11.3 Å². The Morgan fingerprint density at radius 1 is 1.06 bits per heavy atom. The van der Waals surface area contributed by atoms with Crippen molar-refractivity contribution < 1.29 is 22.8 Å². The number of anilines is 1. The third-order valence-corrected chi connectivity index (χ3v) is 8.71. The van der Waals surface area contributed by atoms with E-state index in [0.717, 1.165) is 29.1 Å². The monoisotopic (exact) mass is 484 g/mol. The van der Waals surface area contributed by atoms with E-state index in [2.05, 4.69) is 10.3 Å². The van der Waals surface area contributed by atoms with Gasteiger partial charge in [-0.05, 0) is 50.1 Å². The lowest BCUT2D eigenvalue weighted by molar-refractivity contribution is -0.119. The van der Waals surface area contributed by atoms with E-state index in [-0.39, 0.29) is 21.2 Å². The van der Waals surface area contributed by atoms with Crippen molar-refractivity contribution in [1.29, 1.82) is 0 Å². The molecule has 3 aromatic rings. The molecule has 170 valence electrons. The van der Waals surface area contributed by atoms with Crippen LogP contribution in [0.5, 0.6) is 0 Å². The van der Waals surface area contributed by atoms with Crippen molar-refractivity contribution in [3.05, 3.63) is 53.6 Å². The highest BCUT2D eigenvalue weighted by Crippen LogP contribution is 2.31. The first-order chi connectivity index (χ1) is 15.8. The van der Waals surface area contributed by atoms with Crippen LogP contribution in [0.1, 0.15) is 40.5 Å². The van der Waals surface area contributed by atoms with Gasteiger partial charge in [0, 0.05) is 13.1 Å². The van der Waals surface area contributed by atoms with Crippen LogP contribution in [0.15, 0.2) is 47.4 Å². The number of fused-ring (bicyclic) bond motifs is 2. The number of carbonyl (C=O) groups excluding carboxylic acids is 3. The van der Waals surface area contributed by atoms with Gasteiger partial charge in [-0.15, -0.1) is 0 Å². The Kier molecular flexibility index (Phi) is 5.26. The van der Waals surface area contributed by atoms with Gasteiger partial charge in [0.2, 0.25) is 15.9 Å². The number of benzene rings is 2. The van der Waals surface area contributed by atoms with E-state index in [4.69, 9.17) is 0 Å². The molecule has 0 aliphatic carbocycles. The molecule has 2 aromatic carbocycles. The third kappa shape index (κ3) is 3.62. The van der Waals surface area contributed by atoms with Crippen molar-refractivity contribution in [3.8, 4) is 0 Å². The van der Waals surface area contributed by atoms with Gasteiger partial charge in [-0.1, -0.05) is 23.5 Å². The quantitative estimate of drug-likeness (QED) is 0.557. The molecule has 0 radical (unpaired) electrons. The number of sulfonamides is 1. The van der Waals surface area contributed by atoms with E-state index < -0.39 is 33.8 Å². The van der Waals surface area contributed by atoms with E-state index in [1.165, 1.54) is 17.3 Å². The van der Waals surface area contributed by atoms with Crippen LogP contribution in [-0.2, 0) is 14.8 Å². The minimum atomic E-state index is -3.56. The molecule has 0 spiro atoms. The zero-order chi connectivity index (χ0) is 23.3. The number of hydrogen-bond acceptors (Lipinski definition) is 7. The van der Waals surface area contributed by atoms with Gasteiger partial charge < -0.3 is 5.32 Å². The van der Waals surface area contributed by atoms with Crippen LogP contribution in [0, 0.1) is 0 Å². The van der Waals surface area contributed by atoms with Crippen LogP contribution in [0.3, 0.4) is 0 Å². The predicted octanol–water partition coefficient (Wildman–Crippen LogP) is 2.70. The molecule has 11 heteroatoms. The fraction of sp³-hybridized carbons (Fsp3) is 0.273. The summed E-state index contributed by atoms with van der Waals surface area (Å²) in [6.07, 6.45) is 1.70. The Balaban J connectivity index is 1.35. The molecule has 33 heavy (non-hydrogen) atoms. The fourth-order valence-electron chi connectivity index (χ4n) is 4.08. The summed E-state index contributed by atoms with van der Waals surface area (Å²) < 4.78 is 27.7. The minimum Gasteiger partial charge on any atom is -0.300 e. The van der Waals surface area contributed by atoms with E-state index in [1.54, 1.807) is 36.4 Å². The molecule has 1 saturated heterocycles. The lowest BCUT2D eigenvalue weighted by Gasteiger charge is -2.21. The van der Waals surface area contributed by atoms with E-state index >= 15 is 0 Å². The summed E-state index contributed by atoms with van der Waals surface area (Å²) in [6, 6.07) is 10.1. The Hall–Kier alpha value is -3.15. The summed E-state index contributed by atoms with van der Waals surface area (Å²) in [5.41, 5.74) is 1.09. The number of carbonyl (C=O) groups is 3. The van der Waals surface area contributed by atoms with Gasteiger partial charge in [0.15, 0.2) is 5.13 Å². The van der Waals surface area contributed by atoms with Crippen molar-refractivity contribution in [2.45, 2.75) is 30.7 Å². The lowest BCUT2D eigenvalue weighted by atomic mass is 10.1. The number of hydrogen-bond donors (Lipinski definition) is 1. The first kappa shape index (κ1) is 21.7. The van der Waals surface area contributed by atoms with Gasteiger partial charge in [-0.2, -0.15) is 4.31 Å². The normalized spacial score (nSPS) is 17.5. The molecule has 2 aliphatic rings. The Labute approximate surface area is 194 Å². The predicted molar refractivity (Wildman–Crippen MR) is 123 cm³/mol. The summed E-state index contributed by atoms with van der Waals surface area (Å²) >= 11 is 1.13. The van der Waals surface area contributed by atoms with Crippen molar-refractivity contribution in [2.24, 2.45) is 0 Å². The first-order valence-corrected chi connectivity index (χ1v) is 12.7. The van der Waals surface area contributed by atoms with Crippen LogP contribution in [0.4, 0.5) is 5.13 Å². The Bertz CT molecular complexity index is 1370. The molecule has 2 aliphatic heterocycles. The number of aromatic nitrogens is 1. The zero-order valence-electron chi connectivity index (χ0n) is 17.6. The highest BCUT2D eigenvalue weighted by Gasteiger charge is 2.40. The second-order valence-corrected chi connectivity index (χ2v) is 10.9. The largest absolute Gasteiger partial charge is 0.300 e. The smallest absolute Gasteiger partial charge is 0.262 e. The van der Waals surface area contributed by atoms with E-state index in [0.29, 0.717) is 23.3 Å². The molecular formula is C22H20N4O5S2. The molecule has 9 nitrogen and oxygen atoms in total. The lowest BCUT2D eigenvalue weighted by Crippen LogP contribution is -2.45. The number of imide groups is 1. The Morgan fingerprint density at radius 2 is 1.70 bits per heavy atom. The first-order valence-electron chi connectivity index (χ1n) is 10.5. The van der Waals surface area contributed by atoms with E-state index in [1.807, 2.05) is 0 Å². The summed E-state index contributed by atoms with van der Waals surface area (Å²) in [5, 5.41) is 2.91. The van der Waals surface area contributed by atoms with Gasteiger partial charge in [0.25, 0.3) is 11.8 Å². The maximum atomic E-state index is 12.8. The van der Waals surface area contributed by atoms with Gasteiger partial charge >= 0.3 is 0 Å². The van der Waals surface area contributed by atoms with Crippen LogP contribution in [0.2, 0.25) is 0 Å². The van der Waals surface area contributed by atoms with Gasteiger partial charge in [0.1, 0.15) is 6.04 Å². The average molecular weight is 485 g/mol. The number of nitrogens with one attached hydrogen (secondary N) is 1. The molecule has 1 atom stereocenters. The average Bonchev–Trinajstić information content (AvgIpc) is 3.52. The Morgan fingerprint density at radius 3 is 2.33 bits per heavy atom. The van der Waals surface area contributed by atoms with Crippen molar-refractivity contribution in [2.75, 3.05) is 18.4 Å². The second kappa shape index (κ2) is 8.01. The third-order valence-electron chi connectivity index (χ3n) is 5.89. The van der Waals surface area contributed by atoms with Crippen LogP contribution in [-0.4, -0.2) is 59.5 Å². The molecular weight excluding hydrogens is 464 g/mol. The number of nitrogens with zero attached hydrogens (tertiary/aromatic N) is 3. The van der Waals surface area contributed by atoms with Crippen molar-refractivity contribution in [3.63, 3.8) is 0 Å². The second-order valence-electron chi connectivity index (χ2n) is 7.95. The van der Waals surface area contributed by atoms with Gasteiger partial charge in [0.05, 0.1) is 26.2 Å². The van der Waals surface area contributed by atoms with Crippen molar-refractivity contribution in [1.82, 2.24) is 14.2 Å². The minimum absolute atomic E-state index is 0.192. The maximum Gasteiger partial charge on any atom is 0.262 e. The molecule has 5 rings (SSSR count). The molecule has 1 fully saturated rings. The highest BCUT2D eigenvalue weighted by atomic mass is 32.2. The number of rotatable bonds is 5. The SMILES string of the molecule is C[C@H](C(=O)Nc1nc2ccc(S(=O)(=O)N3CCCC3)cc2s1)N1C(=O)c2ccccc2C1=O. The maximum absolute atomic E-state index is 12.8.